The first-order valence-corrected chi connectivity index (χ1v) is 11.7. The molecule has 0 bridgehead atoms. The number of aliphatic imine (C=N–C) groups is 1. The van der Waals surface area contributed by atoms with Gasteiger partial charge in [-0.2, -0.15) is 0 Å². The lowest BCUT2D eigenvalue weighted by atomic mass is 9.88. The fourth-order valence-corrected chi connectivity index (χ4v) is 5.24. The maximum Gasteiger partial charge on any atom is 0.264 e. The van der Waals surface area contributed by atoms with E-state index in [-0.39, 0.29) is 11.4 Å². The van der Waals surface area contributed by atoms with Gasteiger partial charge in [0.05, 0.1) is 23.2 Å². The molecule has 0 spiro atoms. The van der Waals surface area contributed by atoms with Gasteiger partial charge in [-0.1, -0.05) is 17.7 Å². The monoisotopic (exact) mass is 467 g/mol. The van der Waals surface area contributed by atoms with Crippen LogP contribution >= 0.6 is 23.4 Å². The Morgan fingerprint density at radius 3 is 2.62 bits per heavy atom. The van der Waals surface area contributed by atoms with Crippen molar-refractivity contribution in [2.24, 2.45) is 4.99 Å². The quantitative estimate of drug-likeness (QED) is 0.539. The molecule has 4 rings (SSSR count). The number of nitrogens with zero attached hydrogens (tertiary/aromatic N) is 2. The molecule has 2 aliphatic rings. The zero-order valence-corrected chi connectivity index (χ0v) is 20.4. The third kappa shape index (κ3) is 4.30. The summed E-state index contributed by atoms with van der Waals surface area (Å²) < 4.78 is 5.17. The molecule has 2 aromatic rings. The molecular weight excluding hydrogens is 442 g/mol. The van der Waals surface area contributed by atoms with Crippen LogP contribution < -0.4 is 15.0 Å². The first-order chi connectivity index (χ1) is 15.2. The molecule has 0 saturated carbocycles. The number of likely N-dealkylation sites (N-methyl/N-ethyl adjacent to an activating group) is 1. The number of allylic oxidation sites excluding steroid dienone is 1. The number of nitrogens with one attached hydrogen (secondary N) is 1. The summed E-state index contributed by atoms with van der Waals surface area (Å²) in [7, 11) is 1.62. The summed E-state index contributed by atoms with van der Waals surface area (Å²) in [4.78, 5) is 20.0. The fraction of sp³-hybridized carbons (Fsp3) is 0.280. The Bertz CT molecular complexity index is 1170. The lowest BCUT2D eigenvalue weighted by molar-refractivity contribution is -0.115. The number of anilines is 1. The van der Waals surface area contributed by atoms with Gasteiger partial charge in [0.25, 0.3) is 5.91 Å². The number of thioether (sulfide) groups is 1. The van der Waals surface area contributed by atoms with Gasteiger partial charge in [-0.25, -0.2) is 4.99 Å². The molecule has 0 unspecified atom stereocenters. The minimum atomic E-state index is -0.181. The maximum absolute atomic E-state index is 12.6. The number of amides is 1. The highest BCUT2D eigenvalue weighted by Gasteiger charge is 2.31. The SMILES string of the molecule is CCN1c2cc(Cl)c(/C=C3/SC(=Nc4ccc(OC)cc4)NC3=O)cc2C(C)=CC1(C)C. The van der Waals surface area contributed by atoms with E-state index in [4.69, 9.17) is 16.3 Å². The second kappa shape index (κ2) is 8.68. The van der Waals surface area contributed by atoms with E-state index in [1.807, 2.05) is 36.4 Å². The van der Waals surface area contributed by atoms with Gasteiger partial charge in [0, 0.05) is 22.8 Å². The van der Waals surface area contributed by atoms with Gasteiger partial charge in [-0.15, -0.1) is 0 Å². The molecular formula is C25H26ClN3O2S. The van der Waals surface area contributed by atoms with Crippen LogP contribution in [-0.2, 0) is 4.79 Å². The third-order valence-electron chi connectivity index (χ3n) is 5.65. The molecule has 7 heteroatoms. The highest BCUT2D eigenvalue weighted by atomic mass is 35.5. The zero-order valence-electron chi connectivity index (χ0n) is 18.8. The molecule has 0 aromatic heterocycles. The van der Waals surface area contributed by atoms with Gasteiger partial charge >= 0.3 is 0 Å². The Hall–Kier alpha value is -2.70. The number of carbonyl (C=O) groups is 1. The molecule has 2 aromatic carbocycles. The molecule has 1 fully saturated rings. The number of hydrogen-bond acceptors (Lipinski definition) is 5. The summed E-state index contributed by atoms with van der Waals surface area (Å²) in [5.74, 6) is 0.577. The number of halogens is 1. The van der Waals surface area contributed by atoms with Crippen LogP contribution in [0.5, 0.6) is 5.75 Å². The summed E-state index contributed by atoms with van der Waals surface area (Å²) in [5.41, 5.74) is 4.94. The largest absolute Gasteiger partial charge is 0.497 e. The Labute approximate surface area is 198 Å². The fourth-order valence-electron chi connectivity index (χ4n) is 4.20. The van der Waals surface area contributed by atoms with Crippen LogP contribution in [0.25, 0.3) is 11.6 Å². The van der Waals surface area contributed by atoms with E-state index in [9.17, 15) is 4.79 Å². The van der Waals surface area contributed by atoms with E-state index < -0.39 is 0 Å². The van der Waals surface area contributed by atoms with Crippen molar-refractivity contribution >= 4 is 57.5 Å². The normalized spacial score (nSPS) is 19.8. The molecule has 0 aliphatic carbocycles. The molecule has 1 N–H and O–H groups in total. The number of rotatable bonds is 4. The Kier molecular flexibility index (Phi) is 6.10. The molecule has 2 aliphatic heterocycles. The van der Waals surface area contributed by atoms with E-state index in [1.165, 1.54) is 17.3 Å². The highest BCUT2D eigenvalue weighted by molar-refractivity contribution is 8.18. The second-order valence-corrected chi connectivity index (χ2v) is 9.73. The van der Waals surface area contributed by atoms with Crippen LogP contribution in [0.15, 0.2) is 52.4 Å². The number of ether oxygens (including phenoxy) is 1. The number of methoxy groups -OCH3 is 1. The van der Waals surface area contributed by atoms with Crippen LogP contribution in [-0.4, -0.2) is 30.3 Å². The van der Waals surface area contributed by atoms with Crippen molar-refractivity contribution in [2.75, 3.05) is 18.6 Å². The third-order valence-corrected chi connectivity index (χ3v) is 6.89. The Morgan fingerprint density at radius 1 is 1.25 bits per heavy atom. The average Bonchev–Trinajstić information content (AvgIpc) is 3.08. The molecule has 0 radical (unpaired) electrons. The first kappa shape index (κ1) is 22.5. The molecule has 5 nitrogen and oxygen atoms in total. The standard InChI is InChI=1S/C25H26ClN3O2S/c1-6-29-21-13-20(26)16(11-19(21)15(2)14-25(29,3)4)12-22-23(30)28-24(32-22)27-17-7-9-18(31-5)10-8-17/h7-14H,6H2,1-5H3,(H,27,28,30)/b22-12+. The number of amidine groups is 1. The van der Waals surface area contributed by atoms with E-state index in [1.54, 1.807) is 7.11 Å². The van der Waals surface area contributed by atoms with Gasteiger partial charge < -0.3 is 15.0 Å². The van der Waals surface area contributed by atoms with Crippen molar-refractivity contribution in [1.82, 2.24) is 5.32 Å². The summed E-state index contributed by atoms with van der Waals surface area (Å²) in [6.07, 6.45) is 4.11. The van der Waals surface area contributed by atoms with Crippen molar-refractivity contribution in [2.45, 2.75) is 33.2 Å². The van der Waals surface area contributed by atoms with Crippen molar-refractivity contribution in [3.63, 3.8) is 0 Å². The Morgan fingerprint density at radius 2 is 1.97 bits per heavy atom. The second-order valence-electron chi connectivity index (χ2n) is 8.30. The lowest BCUT2D eigenvalue weighted by Crippen LogP contribution is -2.44. The predicted octanol–water partition coefficient (Wildman–Crippen LogP) is 6.26. The minimum Gasteiger partial charge on any atom is -0.497 e. The minimum absolute atomic E-state index is 0.0802. The first-order valence-electron chi connectivity index (χ1n) is 10.5. The molecule has 1 saturated heterocycles. The molecule has 32 heavy (non-hydrogen) atoms. The van der Waals surface area contributed by atoms with Crippen molar-refractivity contribution in [1.29, 1.82) is 0 Å². The molecule has 2 heterocycles. The molecule has 1 amide bonds. The number of benzene rings is 2. The number of hydrogen-bond donors (Lipinski definition) is 1. The summed E-state index contributed by atoms with van der Waals surface area (Å²) in [5, 5.41) is 3.99. The summed E-state index contributed by atoms with van der Waals surface area (Å²) >= 11 is 7.98. The van der Waals surface area contributed by atoms with E-state index in [2.05, 4.69) is 55.0 Å². The summed E-state index contributed by atoms with van der Waals surface area (Å²) in [6.45, 7) is 9.55. The number of fused-ring (bicyclic) bond motifs is 1. The average molecular weight is 468 g/mol. The molecule has 166 valence electrons. The van der Waals surface area contributed by atoms with Crippen LogP contribution in [0.4, 0.5) is 11.4 Å². The van der Waals surface area contributed by atoms with Crippen LogP contribution in [0.1, 0.15) is 38.8 Å². The van der Waals surface area contributed by atoms with Gasteiger partial charge in [-0.05, 0) is 93.1 Å². The zero-order chi connectivity index (χ0) is 23.0. The van der Waals surface area contributed by atoms with Crippen LogP contribution in [0.3, 0.4) is 0 Å². The van der Waals surface area contributed by atoms with Crippen LogP contribution in [0, 0.1) is 0 Å². The van der Waals surface area contributed by atoms with Gasteiger partial charge in [0.15, 0.2) is 5.17 Å². The van der Waals surface area contributed by atoms with Crippen molar-refractivity contribution < 1.29 is 9.53 Å². The number of carbonyl (C=O) groups excluding carboxylic acids is 1. The van der Waals surface area contributed by atoms with Crippen molar-refractivity contribution in [3.8, 4) is 5.75 Å². The van der Waals surface area contributed by atoms with E-state index in [0.29, 0.717) is 15.1 Å². The van der Waals surface area contributed by atoms with Gasteiger partial charge in [0.2, 0.25) is 0 Å². The topological polar surface area (TPSA) is 53.9 Å². The highest BCUT2D eigenvalue weighted by Crippen LogP contribution is 2.42. The predicted molar refractivity (Wildman–Crippen MR) is 136 cm³/mol. The Balaban J connectivity index is 1.65. The van der Waals surface area contributed by atoms with Gasteiger partial charge in [-0.3, -0.25) is 4.79 Å². The maximum atomic E-state index is 12.6. The van der Waals surface area contributed by atoms with Crippen LogP contribution in [0.2, 0.25) is 5.02 Å². The smallest absolute Gasteiger partial charge is 0.264 e. The molecule has 0 atom stereocenters. The van der Waals surface area contributed by atoms with E-state index in [0.717, 1.165) is 34.8 Å². The summed E-state index contributed by atoms with van der Waals surface area (Å²) in [6, 6.07) is 11.4. The lowest BCUT2D eigenvalue weighted by Gasteiger charge is -2.43. The van der Waals surface area contributed by atoms with Gasteiger partial charge in [0.1, 0.15) is 5.75 Å². The van der Waals surface area contributed by atoms with Crippen molar-refractivity contribution in [3.05, 3.63) is 63.5 Å². The van der Waals surface area contributed by atoms with E-state index >= 15 is 0 Å².